The fourth-order valence-corrected chi connectivity index (χ4v) is 3.97. The molecule has 0 aliphatic heterocycles. The van der Waals surface area contributed by atoms with Crippen LogP contribution in [0.25, 0.3) is 16.8 Å². The number of ether oxygens (including phenoxy) is 1. The molecule has 0 fully saturated rings. The summed E-state index contributed by atoms with van der Waals surface area (Å²) in [5.74, 6) is -2.90. The second-order valence-corrected chi connectivity index (χ2v) is 8.47. The quantitative estimate of drug-likeness (QED) is 0.242. The smallest absolute Gasteiger partial charge is 0.481 e. The molecule has 7 nitrogen and oxygen atoms in total. The van der Waals surface area contributed by atoms with Crippen molar-refractivity contribution in [1.29, 1.82) is 0 Å². The minimum atomic E-state index is -4.95. The van der Waals surface area contributed by atoms with Gasteiger partial charge in [-0.2, -0.15) is 18.3 Å². The van der Waals surface area contributed by atoms with Crippen molar-refractivity contribution in [3.8, 4) is 22.6 Å². The lowest BCUT2D eigenvalue weighted by atomic mass is 9.98. The van der Waals surface area contributed by atoms with Crippen molar-refractivity contribution in [2.45, 2.75) is 25.0 Å². The van der Waals surface area contributed by atoms with Crippen LogP contribution in [0.2, 0.25) is 0 Å². The van der Waals surface area contributed by atoms with Gasteiger partial charge in [-0.05, 0) is 41.0 Å². The number of nitrogens with zero attached hydrogens (tertiary/aromatic N) is 2. The van der Waals surface area contributed by atoms with E-state index in [1.165, 1.54) is 60.7 Å². The van der Waals surface area contributed by atoms with E-state index < -0.39 is 53.9 Å². The van der Waals surface area contributed by atoms with Crippen molar-refractivity contribution >= 4 is 11.9 Å². The lowest BCUT2D eigenvalue weighted by Crippen LogP contribution is -2.31. The van der Waals surface area contributed by atoms with Gasteiger partial charge < -0.3 is 15.2 Å². The number of hydrogen-bond acceptors (Lipinski definition) is 4. The summed E-state index contributed by atoms with van der Waals surface area (Å²) in [5, 5.41) is 15.4. The Hall–Kier alpha value is -4.81. The number of carbonyl (C=O) groups is 2. The molecule has 1 aromatic heterocycles. The maximum atomic E-state index is 14.0. The lowest BCUT2D eigenvalue weighted by molar-refractivity contribution is -0.274. The SMILES string of the molecule is O=C(O)CC(NC(=O)c1cnn(-c2ccccc2)c1C(F)(F)F)c1ccc(-c2ccc(OC(F)(F)F)cc2)cc1. The van der Waals surface area contributed by atoms with E-state index in [2.05, 4.69) is 15.2 Å². The first-order valence-corrected chi connectivity index (χ1v) is 11.5. The average Bonchev–Trinajstić information content (AvgIpc) is 3.35. The van der Waals surface area contributed by atoms with Crippen molar-refractivity contribution in [2.24, 2.45) is 0 Å². The second kappa shape index (κ2) is 11.1. The number of carboxylic acid groups (broad SMARTS) is 1. The molecule has 1 atom stereocenters. The van der Waals surface area contributed by atoms with E-state index in [-0.39, 0.29) is 11.3 Å². The number of aliphatic carboxylic acids is 1. The Morgan fingerprint density at radius 1 is 0.875 bits per heavy atom. The zero-order valence-corrected chi connectivity index (χ0v) is 20.2. The molecule has 208 valence electrons. The molecule has 0 bridgehead atoms. The van der Waals surface area contributed by atoms with Crippen molar-refractivity contribution in [2.75, 3.05) is 0 Å². The van der Waals surface area contributed by atoms with E-state index in [0.717, 1.165) is 18.3 Å². The molecular formula is C27H19F6N3O4. The highest BCUT2D eigenvalue weighted by atomic mass is 19.4. The Bertz CT molecular complexity index is 1480. The molecule has 0 saturated carbocycles. The molecule has 3 aromatic carbocycles. The Morgan fingerprint density at radius 3 is 1.98 bits per heavy atom. The summed E-state index contributed by atoms with van der Waals surface area (Å²) in [7, 11) is 0. The number of rotatable bonds is 8. The molecule has 1 unspecified atom stereocenters. The highest BCUT2D eigenvalue weighted by molar-refractivity contribution is 5.96. The van der Waals surface area contributed by atoms with Gasteiger partial charge in [0.05, 0.1) is 29.9 Å². The number of nitrogens with one attached hydrogen (secondary N) is 1. The van der Waals surface area contributed by atoms with Crippen LogP contribution in [0.5, 0.6) is 5.75 Å². The van der Waals surface area contributed by atoms with Gasteiger partial charge in [-0.3, -0.25) is 9.59 Å². The molecule has 0 saturated heterocycles. The summed E-state index contributed by atoms with van der Waals surface area (Å²) < 4.78 is 83.5. The normalized spacial score (nSPS) is 12.6. The predicted molar refractivity (Wildman–Crippen MR) is 130 cm³/mol. The molecule has 13 heteroatoms. The molecule has 0 spiro atoms. The van der Waals surface area contributed by atoms with Gasteiger partial charge in [0.15, 0.2) is 5.69 Å². The van der Waals surface area contributed by atoms with Gasteiger partial charge in [-0.1, -0.05) is 54.6 Å². The van der Waals surface area contributed by atoms with Gasteiger partial charge in [0.2, 0.25) is 0 Å². The summed E-state index contributed by atoms with van der Waals surface area (Å²) in [6, 6.07) is 17.2. The molecule has 0 aliphatic carbocycles. The number of carboxylic acids is 1. The molecule has 4 aromatic rings. The summed E-state index contributed by atoms with van der Waals surface area (Å²) in [5.41, 5.74) is -0.692. The largest absolute Gasteiger partial charge is 0.573 e. The zero-order chi connectivity index (χ0) is 29.1. The maximum Gasteiger partial charge on any atom is 0.573 e. The fourth-order valence-electron chi connectivity index (χ4n) is 3.97. The average molecular weight is 563 g/mol. The van der Waals surface area contributed by atoms with E-state index >= 15 is 0 Å². The van der Waals surface area contributed by atoms with Crippen LogP contribution < -0.4 is 10.1 Å². The Morgan fingerprint density at radius 2 is 1.45 bits per heavy atom. The highest BCUT2D eigenvalue weighted by Gasteiger charge is 2.41. The van der Waals surface area contributed by atoms with Crippen molar-refractivity contribution in [3.05, 3.63) is 102 Å². The van der Waals surface area contributed by atoms with Gasteiger partial charge in [-0.15, -0.1) is 13.2 Å². The number of benzene rings is 3. The number of carbonyl (C=O) groups excluding carboxylic acids is 1. The van der Waals surface area contributed by atoms with E-state index in [9.17, 15) is 41.0 Å². The first-order chi connectivity index (χ1) is 18.8. The Labute approximate surface area is 222 Å². The Balaban J connectivity index is 1.58. The number of aromatic nitrogens is 2. The zero-order valence-electron chi connectivity index (χ0n) is 20.2. The van der Waals surface area contributed by atoms with E-state index in [1.807, 2.05) is 0 Å². The van der Waals surface area contributed by atoms with E-state index in [0.29, 0.717) is 15.8 Å². The van der Waals surface area contributed by atoms with E-state index in [1.54, 1.807) is 6.07 Å². The molecule has 0 aliphatic rings. The fraction of sp³-hybridized carbons (Fsp3) is 0.148. The van der Waals surface area contributed by atoms with Crippen molar-refractivity contribution < 1.29 is 45.8 Å². The van der Waals surface area contributed by atoms with Crippen LogP contribution in [-0.2, 0) is 11.0 Å². The van der Waals surface area contributed by atoms with Crippen LogP contribution in [0.15, 0.2) is 85.1 Å². The van der Waals surface area contributed by atoms with Crippen LogP contribution in [0.4, 0.5) is 26.3 Å². The van der Waals surface area contributed by atoms with Crippen LogP contribution >= 0.6 is 0 Å². The molecule has 1 amide bonds. The standard InChI is InChI=1S/C27H19F6N3O4/c28-26(29,30)24-21(15-34-36(24)19-4-2-1-3-5-19)25(39)35-22(14-23(37)38)18-8-6-16(7-9-18)17-10-12-20(13-11-17)40-27(31,32)33/h1-13,15,22H,14H2,(H,35,39)(H,37,38). The van der Waals surface area contributed by atoms with Crippen LogP contribution in [-0.4, -0.2) is 33.1 Å². The number of amides is 1. The highest BCUT2D eigenvalue weighted by Crippen LogP contribution is 2.34. The number of hydrogen-bond donors (Lipinski definition) is 2. The van der Waals surface area contributed by atoms with Crippen molar-refractivity contribution in [3.63, 3.8) is 0 Å². The Kier molecular flexibility index (Phi) is 7.84. The number of para-hydroxylation sites is 1. The second-order valence-electron chi connectivity index (χ2n) is 8.47. The van der Waals surface area contributed by atoms with Gasteiger partial charge in [0.1, 0.15) is 5.75 Å². The van der Waals surface area contributed by atoms with Crippen molar-refractivity contribution in [1.82, 2.24) is 15.1 Å². The predicted octanol–water partition coefficient (Wildman–Crippen LogP) is 6.40. The summed E-state index contributed by atoms with van der Waals surface area (Å²) in [6.07, 6.45) is -9.67. The third-order valence-electron chi connectivity index (χ3n) is 5.70. The third kappa shape index (κ3) is 6.79. The van der Waals surface area contributed by atoms with Gasteiger partial charge in [0.25, 0.3) is 5.91 Å². The molecule has 0 radical (unpaired) electrons. The number of halogens is 6. The number of alkyl halides is 6. The summed E-state index contributed by atoms with van der Waals surface area (Å²) in [6.45, 7) is 0. The maximum absolute atomic E-state index is 14.0. The summed E-state index contributed by atoms with van der Waals surface area (Å²) in [4.78, 5) is 24.5. The first-order valence-electron chi connectivity index (χ1n) is 11.5. The van der Waals surface area contributed by atoms with E-state index in [4.69, 9.17) is 0 Å². The van der Waals surface area contributed by atoms with Crippen LogP contribution in [0.3, 0.4) is 0 Å². The topological polar surface area (TPSA) is 93.5 Å². The monoisotopic (exact) mass is 563 g/mol. The molecule has 4 rings (SSSR count). The van der Waals surface area contributed by atoms with Crippen LogP contribution in [0, 0.1) is 0 Å². The molecule has 40 heavy (non-hydrogen) atoms. The lowest BCUT2D eigenvalue weighted by Gasteiger charge is -2.19. The van der Waals surface area contributed by atoms with Crippen LogP contribution in [0.1, 0.15) is 34.1 Å². The molecule has 1 heterocycles. The molecule has 2 N–H and O–H groups in total. The molecular weight excluding hydrogens is 544 g/mol. The van der Waals surface area contributed by atoms with Gasteiger partial charge in [-0.25, -0.2) is 4.68 Å². The van der Waals surface area contributed by atoms with Gasteiger partial charge >= 0.3 is 18.5 Å². The minimum Gasteiger partial charge on any atom is -0.481 e. The first kappa shape index (κ1) is 28.2. The third-order valence-corrected chi connectivity index (χ3v) is 5.70. The summed E-state index contributed by atoms with van der Waals surface area (Å²) >= 11 is 0. The minimum absolute atomic E-state index is 0.0737. The van der Waals surface area contributed by atoms with Gasteiger partial charge in [0, 0.05) is 0 Å².